The van der Waals surface area contributed by atoms with Gasteiger partial charge in [0.25, 0.3) is 0 Å². The molecule has 2 rings (SSSR count). The lowest BCUT2D eigenvalue weighted by molar-refractivity contribution is 0.0602. The van der Waals surface area contributed by atoms with Gasteiger partial charge in [0.15, 0.2) is 5.82 Å². The molecule has 106 valence electrons. The topological polar surface area (TPSA) is 73.4 Å². The van der Waals surface area contributed by atoms with E-state index in [4.69, 9.17) is 10.5 Å². The lowest BCUT2D eigenvalue weighted by atomic mass is 10.2. The van der Waals surface area contributed by atoms with Gasteiger partial charge in [0.1, 0.15) is 17.2 Å². The summed E-state index contributed by atoms with van der Waals surface area (Å²) in [5.74, 6) is -0.397. The second kappa shape index (κ2) is 5.20. The van der Waals surface area contributed by atoms with Gasteiger partial charge in [-0.05, 0) is 24.3 Å². The van der Waals surface area contributed by atoms with Crippen molar-refractivity contribution >= 4 is 17.6 Å². The third kappa shape index (κ3) is 2.29. The highest BCUT2D eigenvalue weighted by molar-refractivity contribution is 6.00. The van der Waals surface area contributed by atoms with Crippen molar-refractivity contribution in [3.05, 3.63) is 35.6 Å². The molecule has 0 aliphatic heterocycles. The highest BCUT2D eigenvalue weighted by Crippen LogP contribution is 2.27. The average Bonchev–Trinajstić information content (AvgIpc) is 2.77. The normalized spacial score (nSPS) is 10.4. The summed E-state index contributed by atoms with van der Waals surface area (Å²) in [6.45, 7) is 0. The number of nitrogen functional groups attached to an aromatic ring is 1. The van der Waals surface area contributed by atoms with E-state index in [9.17, 15) is 9.18 Å². The Morgan fingerprint density at radius 3 is 2.45 bits per heavy atom. The molecule has 20 heavy (non-hydrogen) atoms. The van der Waals surface area contributed by atoms with Crippen LogP contribution in [0.3, 0.4) is 0 Å². The Kier molecular flexibility index (Phi) is 3.60. The van der Waals surface area contributed by atoms with Crippen LogP contribution in [0.4, 0.5) is 16.0 Å². The zero-order valence-electron chi connectivity index (χ0n) is 11.4. The van der Waals surface area contributed by atoms with E-state index in [-0.39, 0.29) is 17.2 Å². The quantitative estimate of drug-likeness (QED) is 0.860. The standard InChI is InChI=1S/C13H15FN4O2/c1-17(2)12-10(13(19)20-3)11(15)18(16-12)9-6-4-8(14)5-7-9/h4-7H,15H2,1-3H3. The minimum atomic E-state index is -0.570. The number of ether oxygens (including phenoxy) is 1. The van der Waals surface area contributed by atoms with Crippen molar-refractivity contribution in [2.75, 3.05) is 31.8 Å². The van der Waals surface area contributed by atoms with E-state index in [1.165, 1.54) is 36.1 Å². The molecule has 1 aromatic heterocycles. The number of nitrogens with zero attached hydrogens (tertiary/aromatic N) is 3. The first-order chi connectivity index (χ1) is 9.45. The molecule has 0 atom stereocenters. The molecule has 2 aromatic rings. The van der Waals surface area contributed by atoms with Crippen molar-refractivity contribution in [3.8, 4) is 5.69 Å². The molecule has 0 aliphatic rings. The molecule has 7 heteroatoms. The number of rotatable bonds is 3. The van der Waals surface area contributed by atoms with Gasteiger partial charge >= 0.3 is 5.97 Å². The maximum Gasteiger partial charge on any atom is 0.345 e. The van der Waals surface area contributed by atoms with Crippen molar-refractivity contribution in [2.45, 2.75) is 0 Å². The molecular weight excluding hydrogens is 263 g/mol. The predicted octanol–water partition coefficient (Wildman–Crippen LogP) is 1.45. The first-order valence-electron chi connectivity index (χ1n) is 5.85. The fourth-order valence-corrected chi connectivity index (χ4v) is 1.81. The Labute approximate surface area is 115 Å². The summed E-state index contributed by atoms with van der Waals surface area (Å²) in [6.07, 6.45) is 0. The van der Waals surface area contributed by atoms with Gasteiger partial charge < -0.3 is 15.4 Å². The first kappa shape index (κ1) is 13.9. The molecule has 0 aliphatic carbocycles. The number of halogens is 1. The van der Waals surface area contributed by atoms with Crippen LogP contribution in [-0.4, -0.2) is 37.0 Å². The number of anilines is 2. The van der Waals surface area contributed by atoms with Crippen molar-refractivity contribution < 1.29 is 13.9 Å². The fourth-order valence-electron chi connectivity index (χ4n) is 1.81. The van der Waals surface area contributed by atoms with E-state index in [0.717, 1.165) is 0 Å². The molecule has 2 N–H and O–H groups in total. The average molecular weight is 278 g/mol. The number of hydrogen-bond donors (Lipinski definition) is 1. The zero-order chi connectivity index (χ0) is 14.9. The molecule has 6 nitrogen and oxygen atoms in total. The van der Waals surface area contributed by atoms with E-state index in [1.807, 2.05) is 0 Å². The monoisotopic (exact) mass is 278 g/mol. The molecule has 0 spiro atoms. The third-order valence-electron chi connectivity index (χ3n) is 2.79. The number of carbonyl (C=O) groups is 1. The Hall–Kier alpha value is -2.57. The molecule has 1 heterocycles. The summed E-state index contributed by atoms with van der Waals surface area (Å²) in [4.78, 5) is 13.5. The van der Waals surface area contributed by atoms with E-state index in [1.54, 1.807) is 19.0 Å². The van der Waals surface area contributed by atoms with E-state index < -0.39 is 5.97 Å². The SMILES string of the molecule is COC(=O)c1c(N(C)C)nn(-c2ccc(F)cc2)c1N. The van der Waals surface area contributed by atoms with Crippen molar-refractivity contribution in [2.24, 2.45) is 0 Å². The number of aromatic nitrogens is 2. The summed E-state index contributed by atoms with van der Waals surface area (Å²) in [6, 6.07) is 5.64. The molecule has 0 fully saturated rings. The van der Waals surface area contributed by atoms with E-state index in [0.29, 0.717) is 11.5 Å². The summed E-state index contributed by atoms with van der Waals surface area (Å²) in [5, 5.41) is 4.27. The summed E-state index contributed by atoms with van der Waals surface area (Å²) < 4.78 is 19.0. The molecule has 1 aromatic carbocycles. The zero-order valence-corrected chi connectivity index (χ0v) is 11.4. The number of methoxy groups -OCH3 is 1. The van der Waals surface area contributed by atoms with Crippen molar-refractivity contribution in [1.82, 2.24) is 9.78 Å². The van der Waals surface area contributed by atoms with Gasteiger partial charge in [-0.25, -0.2) is 13.9 Å². The summed E-state index contributed by atoms with van der Waals surface area (Å²) in [7, 11) is 4.75. The van der Waals surface area contributed by atoms with Crippen LogP contribution in [-0.2, 0) is 4.74 Å². The van der Waals surface area contributed by atoms with Crippen LogP contribution < -0.4 is 10.6 Å². The number of nitrogens with two attached hydrogens (primary N) is 1. The van der Waals surface area contributed by atoms with Crippen LogP contribution in [0, 0.1) is 5.82 Å². The van der Waals surface area contributed by atoms with Gasteiger partial charge in [-0.2, -0.15) is 0 Å². The van der Waals surface area contributed by atoms with E-state index in [2.05, 4.69) is 5.10 Å². The van der Waals surface area contributed by atoms with Crippen LogP contribution >= 0.6 is 0 Å². The van der Waals surface area contributed by atoms with Crippen LogP contribution in [0.25, 0.3) is 5.69 Å². The van der Waals surface area contributed by atoms with Crippen molar-refractivity contribution in [3.63, 3.8) is 0 Å². The lowest BCUT2D eigenvalue weighted by Gasteiger charge is -2.09. The highest BCUT2D eigenvalue weighted by Gasteiger charge is 2.24. The number of hydrogen-bond acceptors (Lipinski definition) is 5. The molecule has 0 bridgehead atoms. The Morgan fingerprint density at radius 1 is 1.35 bits per heavy atom. The largest absolute Gasteiger partial charge is 0.465 e. The molecule has 0 radical (unpaired) electrons. The molecule has 0 saturated carbocycles. The van der Waals surface area contributed by atoms with Crippen molar-refractivity contribution in [1.29, 1.82) is 0 Å². The smallest absolute Gasteiger partial charge is 0.345 e. The van der Waals surface area contributed by atoms with Gasteiger partial charge in [-0.3, -0.25) is 0 Å². The minimum Gasteiger partial charge on any atom is -0.465 e. The summed E-state index contributed by atoms with van der Waals surface area (Å²) >= 11 is 0. The number of carbonyl (C=O) groups excluding carboxylic acids is 1. The number of benzene rings is 1. The maximum atomic E-state index is 13.0. The van der Waals surface area contributed by atoms with E-state index >= 15 is 0 Å². The molecule has 0 unspecified atom stereocenters. The Balaban J connectivity index is 2.61. The minimum absolute atomic E-state index is 0.146. The highest BCUT2D eigenvalue weighted by atomic mass is 19.1. The van der Waals surface area contributed by atoms with Gasteiger partial charge in [0, 0.05) is 14.1 Å². The van der Waals surface area contributed by atoms with Crippen LogP contribution in [0.2, 0.25) is 0 Å². The fraction of sp³-hybridized carbons (Fsp3) is 0.231. The van der Waals surface area contributed by atoms with Crippen LogP contribution in [0.1, 0.15) is 10.4 Å². The van der Waals surface area contributed by atoms with Gasteiger partial charge in [0.05, 0.1) is 12.8 Å². The van der Waals surface area contributed by atoms with Crippen LogP contribution in [0.15, 0.2) is 24.3 Å². The second-order valence-electron chi connectivity index (χ2n) is 4.36. The Bertz CT molecular complexity index is 635. The van der Waals surface area contributed by atoms with Gasteiger partial charge in [0.2, 0.25) is 0 Å². The second-order valence-corrected chi connectivity index (χ2v) is 4.36. The Morgan fingerprint density at radius 2 is 1.95 bits per heavy atom. The summed E-state index contributed by atoms with van der Waals surface area (Å²) in [5.41, 5.74) is 6.71. The third-order valence-corrected chi connectivity index (χ3v) is 2.79. The van der Waals surface area contributed by atoms with Gasteiger partial charge in [-0.1, -0.05) is 0 Å². The molecule has 0 saturated heterocycles. The predicted molar refractivity (Wildman–Crippen MR) is 73.6 cm³/mol. The van der Waals surface area contributed by atoms with Crippen LogP contribution in [0.5, 0.6) is 0 Å². The van der Waals surface area contributed by atoms with Gasteiger partial charge in [-0.15, -0.1) is 5.10 Å². The maximum absolute atomic E-state index is 13.0. The molecular formula is C13H15FN4O2. The number of esters is 1. The first-order valence-corrected chi connectivity index (χ1v) is 5.85. The lowest BCUT2D eigenvalue weighted by Crippen LogP contribution is -2.14. The molecule has 0 amide bonds.